The molecule has 6 aliphatic rings. The Balaban J connectivity index is 0.758. The van der Waals surface area contributed by atoms with Crippen molar-refractivity contribution in [3.8, 4) is 0 Å². The number of rotatable bonds is 6. The van der Waals surface area contributed by atoms with Gasteiger partial charge in [0.25, 0.3) is 11.8 Å². The Morgan fingerprint density at radius 3 is 2.45 bits per heavy atom. The second-order valence-corrected chi connectivity index (χ2v) is 15.8. The molecule has 10 nitrogen and oxygen atoms in total. The van der Waals surface area contributed by atoms with Crippen molar-refractivity contribution < 1.29 is 23.2 Å². The Bertz CT molecular complexity index is 1930. The van der Waals surface area contributed by atoms with Crippen molar-refractivity contribution in [1.29, 1.82) is 0 Å². The lowest BCUT2D eigenvalue weighted by atomic mass is 9.85. The zero-order chi connectivity index (χ0) is 35.1. The summed E-state index contributed by atoms with van der Waals surface area (Å²) in [5, 5.41) is 3.45. The Morgan fingerprint density at radius 1 is 0.941 bits per heavy atom. The van der Waals surface area contributed by atoms with Crippen LogP contribution in [-0.4, -0.2) is 84.2 Å². The van der Waals surface area contributed by atoms with Gasteiger partial charge in [-0.25, -0.2) is 14.2 Å². The number of carbonyl (C=O) groups is 3. The Hall–Kier alpha value is -4.29. The highest BCUT2D eigenvalue weighted by Gasteiger charge is 2.78. The van der Waals surface area contributed by atoms with E-state index in [-0.39, 0.29) is 29.7 Å². The fourth-order valence-electron chi connectivity index (χ4n) is 9.44. The van der Waals surface area contributed by atoms with E-state index >= 15 is 0 Å². The quantitative estimate of drug-likeness (QED) is 0.273. The van der Waals surface area contributed by atoms with Crippen LogP contribution < -0.4 is 21.1 Å². The number of nitrogens with one attached hydrogen (secondary N) is 4. The first kappa shape index (κ1) is 32.6. The van der Waals surface area contributed by atoms with Gasteiger partial charge in [-0.05, 0) is 78.5 Å². The van der Waals surface area contributed by atoms with Gasteiger partial charge in [0.15, 0.2) is 0 Å². The number of carbonyl (C=O) groups excluding carboxylic acids is 3. The van der Waals surface area contributed by atoms with E-state index in [1.54, 1.807) is 6.92 Å². The third kappa shape index (κ3) is 5.62. The summed E-state index contributed by atoms with van der Waals surface area (Å²) in [5.74, 6) is -3.20. The summed E-state index contributed by atoms with van der Waals surface area (Å²) in [7, 11) is 0. The lowest BCUT2D eigenvalue weighted by molar-refractivity contribution is -0.134. The minimum atomic E-state index is -2.61. The lowest BCUT2D eigenvalue weighted by Crippen LogP contribution is -2.50. The molecule has 1 aromatic heterocycles. The molecule has 0 bridgehead atoms. The minimum Gasteiger partial charge on any atom is -0.372 e. The maximum atomic E-state index is 14.5. The fourth-order valence-corrected chi connectivity index (χ4v) is 9.44. The van der Waals surface area contributed by atoms with E-state index in [1.807, 2.05) is 35.2 Å². The van der Waals surface area contributed by atoms with E-state index in [1.165, 1.54) is 5.69 Å². The van der Waals surface area contributed by atoms with Gasteiger partial charge in [-0.1, -0.05) is 25.1 Å². The van der Waals surface area contributed by atoms with Crippen molar-refractivity contribution in [2.24, 2.45) is 17.3 Å². The molecule has 51 heavy (non-hydrogen) atoms. The van der Waals surface area contributed by atoms with E-state index < -0.39 is 17.3 Å². The molecule has 12 heteroatoms. The summed E-state index contributed by atoms with van der Waals surface area (Å²) in [5.41, 5.74) is 12.0. The van der Waals surface area contributed by atoms with Crippen molar-refractivity contribution in [3.05, 3.63) is 76.6 Å². The van der Waals surface area contributed by atoms with Gasteiger partial charge in [-0.2, -0.15) is 0 Å². The fraction of sp³-hybridized carbons (Fsp3) is 0.513. The van der Waals surface area contributed by atoms with Gasteiger partial charge in [-0.3, -0.25) is 24.6 Å². The van der Waals surface area contributed by atoms with Crippen molar-refractivity contribution >= 4 is 34.3 Å². The van der Waals surface area contributed by atoms with E-state index in [4.69, 9.17) is 0 Å². The Labute approximate surface area is 295 Å². The number of H-pyrrole nitrogens is 1. The van der Waals surface area contributed by atoms with Crippen LogP contribution in [0.4, 0.5) is 14.5 Å². The SMILES string of the molecule is CC12CC3=C(CC1C2(F)F)C(c1cc2ccc(C(=O)N4CCN(CC5CCN(c6ccc(C7CCC(=O)NC7=O)cc6)CC5)CC4)cc2[nH]1)NN3. The van der Waals surface area contributed by atoms with E-state index in [0.29, 0.717) is 50.3 Å². The van der Waals surface area contributed by atoms with Gasteiger partial charge in [0.2, 0.25) is 11.8 Å². The topological polar surface area (TPSA) is 113 Å². The first-order chi connectivity index (χ1) is 24.6. The molecule has 9 rings (SSSR count). The number of hydrogen-bond donors (Lipinski definition) is 4. The molecule has 0 spiro atoms. The van der Waals surface area contributed by atoms with Crippen LogP contribution in [0.5, 0.6) is 0 Å². The molecule has 4 N–H and O–H groups in total. The van der Waals surface area contributed by atoms with Crippen molar-refractivity contribution in [2.75, 3.05) is 50.7 Å². The number of piperazine rings is 1. The van der Waals surface area contributed by atoms with Crippen LogP contribution in [0.2, 0.25) is 0 Å². The summed E-state index contributed by atoms with van der Waals surface area (Å²) >= 11 is 0. The average Bonchev–Trinajstić information content (AvgIpc) is 3.52. The number of hydrogen-bond acceptors (Lipinski definition) is 7. The number of imide groups is 1. The van der Waals surface area contributed by atoms with Crippen LogP contribution in [-0.2, 0) is 9.59 Å². The largest absolute Gasteiger partial charge is 0.372 e. The molecular formula is C39H45F2N7O3. The standard InChI is InChI=1S/C39H45F2N7O3/c1-38-21-32-29(20-33(38)39(38,40)41)35(45-44-32)31-18-25-2-3-26(19-30(25)42-31)37(51)48-16-14-46(15-17-48)22-23-10-12-47(13-11-23)27-6-4-24(5-7-27)28-8-9-34(49)43-36(28)50/h2-7,18-19,23,28,33,35,42,44-45H,8-17,20-22H2,1H3,(H,43,49,50). The molecule has 3 saturated heterocycles. The molecule has 4 unspecified atom stereocenters. The monoisotopic (exact) mass is 697 g/mol. The molecule has 4 fully saturated rings. The third-order valence-corrected chi connectivity index (χ3v) is 12.8. The van der Waals surface area contributed by atoms with Gasteiger partial charge < -0.3 is 20.2 Å². The molecule has 268 valence electrons. The molecule has 2 aromatic carbocycles. The van der Waals surface area contributed by atoms with E-state index in [0.717, 1.165) is 79.0 Å². The van der Waals surface area contributed by atoms with Gasteiger partial charge in [0, 0.05) is 98.1 Å². The van der Waals surface area contributed by atoms with Crippen molar-refractivity contribution in [3.63, 3.8) is 0 Å². The van der Waals surface area contributed by atoms with Crippen LogP contribution in [0.15, 0.2) is 59.8 Å². The summed E-state index contributed by atoms with van der Waals surface area (Å²) in [6.45, 7) is 7.84. The van der Waals surface area contributed by atoms with Crippen LogP contribution in [0, 0.1) is 17.3 Å². The molecule has 3 amide bonds. The summed E-state index contributed by atoms with van der Waals surface area (Å²) < 4.78 is 29.0. The zero-order valence-electron chi connectivity index (χ0n) is 28.9. The third-order valence-electron chi connectivity index (χ3n) is 12.8. The summed E-state index contributed by atoms with van der Waals surface area (Å²) in [4.78, 5) is 47.7. The number of nitrogens with zero attached hydrogens (tertiary/aromatic N) is 3. The van der Waals surface area contributed by atoms with Crippen molar-refractivity contribution in [1.82, 2.24) is 31.0 Å². The number of piperidine rings is 2. The number of fused-ring (bicyclic) bond motifs is 2. The predicted molar refractivity (Wildman–Crippen MR) is 189 cm³/mol. The van der Waals surface area contributed by atoms with Gasteiger partial charge >= 0.3 is 0 Å². The number of aromatic nitrogens is 1. The molecule has 2 aliphatic carbocycles. The molecule has 4 atom stereocenters. The second kappa shape index (κ2) is 12.2. The molecule has 3 aromatic rings. The molecule has 4 aliphatic heterocycles. The maximum absolute atomic E-state index is 14.5. The zero-order valence-corrected chi connectivity index (χ0v) is 28.9. The molecular weight excluding hydrogens is 652 g/mol. The number of aromatic amines is 1. The van der Waals surface area contributed by atoms with Gasteiger partial charge in [0.05, 0.1) is 12.0 Å². The summed E-state index contributed by atoms with van der Waals surface area (Å²) in [6, 6.07) is 15.9. The lowest BCUT2D eigenvalue weighted by Gasteiger charge is -2.39. The first-order valence-electron chi connectivity index (χ1n) is 18.5. The highest BCUT2D eigenvalue weighted by atomic mass is 19.3. The number of halogens is 2. The second-order valence-electron chi connectivity index (χ2n) is 15.8. The van der Waals surface area contributed by atoms with Crippen LogP contribution in [0.3, 0.4) is 0 Å². The van der Waals surface area contributed by atoms with E-state index in [2.05, 4.69) is 49.2 Å². The van der Waals surface area contributed by atoms with Crippen LogP contribution in [0.1, 0.15) is 79.0 Å². The first-order valence-corrected chi connectivity index (χ1v) is 18.5. The van der Waals surface area contributed by atoms with Crippen LogP contribution >= 0.6 is 0 Å². The van der Waals surface area contributed by atoms with Crippen LogP contribution in [0.25, 0.3) is 10.9 Å². The highest BCUT2D eigenvalue weighted by Crippen LogP contribution is 2.73. The number of alkyl halides is 2. The number of anilines is 1. The van der Waals surface area contributed by atoms with Gasteiger partial charge in [0.1, 0.15) is 0 Å². The van der Waals surface area contributed by atoms with E-state index in [9.17, 15) is 23.2 Å². The average molecular weight is 698 g/mol. The smallest absolute Gasteiger partial charge is 0.258 e. The number of amides is 3. The predicted octanol–water partition coefficient (Wildman–Crippen LogP) is 4.83. The number of allylic oxidation sites excluding steroid dienone is 1. The molecule has 5 heterocycles. The maximum Gasteiger partial charge on any atom is 0.258 e. The molecule has 0 radical (unpaired) electrons. The minimum absolute atomic E-state index is 0.0396. The number of benzene rings is 2. The van der Waals surface area contributed by atoms with Gasteiger partial charge in [-0.15, -0.1) is 0 Å². The highest BCUT2D eigenvalue weighted by molar-refractivity contribution is 6.01. The summed E-state index contributed by atoms with van der Waals surface area (Å²) in [6.07, 6.45) is 3.93. The van der Waals surface area contributed by atoms with Crippen molar-refractivity contribution in [2.45, 2.75) is 63.3 Å². The Morgan fingerprint density at radius 2 is 1.71 bits per heavy atom. The normalized spacial score (nSPS) is 29.5. The molecule has 1 saturated carbocycles. The number of hydrazine groups is 1. The Kier molecular flexibility index (Phi) is 7.77.